The summed E-state index contributed by atoms with van der Waals surface area (Å²) in [6, 6.07) is 12.7. The monoisotopic (exact) mass is 473 g/mol. The quantitative estimate of drug-likeness (QED) is 0.326. The van der Waals surface area contributed by atoms with Gasteiger partial charge in [0.25, 0.3) is 0 Å². The predicted molar refractivity (Wildman–Crippen MR) is 142 cm³/mol. The van der Waals surface area contributed by atoms with E-state index in [9.17, 15) is 5.11 Å². The summed E-state index contributed by atoms with van der Waals surface area (Å²) in [4.78, 5) is 9.48. The average Bonchev–Trinajstić information content (AvgIpc) is 3.13. The molecule has 5 rings (SSSR count). The number of benzene rings is 1. The second kappa shape index (κ2) is 10.1. The fourth-order valence-electron chi connectivity index (χ4n) is 4.65. The Morgan fingerprint density at radius 3 is 2.71 bits per heavy atom. The Morgan fingerprint density at radius 1 is 1.06 bits per heavy atom. The molecule has 6 nitrogen and oxygen atoms in total. The number of allylic oxidation sites excluding steroid dienone is 4. The van der Waals surface area contributed by atoms with Gasteiger partial charge in [-0.3, -0.25) is 0 Å². The number of pyridine rings is 1. The van der Waals surface area contributed by atoms with E-state index >= 15 is 0 Å². The van der Waals surface area contributed by atoms with Crippen molar-refractivity contribution in [3.05, 3.63) is 60.2 Å². The Bertz CT molecular complexity index is 1240. The molecule has 34 heavy (non-hydrogen) atoms. The van der Waals surface area contributed by atoms with Gasteiger partial charge in [0, 0.05) is 11.8 Å². The standard InChI is InChI=1S/C27H31N5OS/c1-2-17-14-18(6-8-20(28)15-17)19-7-13-23-24(16-19)34-27(30-23)32-26-5-3-4-25(31-26)29-21-9-11-22(33)12-10-21/h3-8,13-14,16-17,21-22,28,33H,2,9-12,15H2,1H3,(H2,29,30,31,32). The lowest BCUT2D eigenvalue weighted by Crippen LogP contribution is -2.28. The Hall–Kier alpha value is -3.03. The van der Waals surface area contributed by atoms with Gasteiger partial charge in [-0.1, -0.05) is 42.5 Å². The van der Waals surface area contributed by atoms with Crippen molar-refractivity contribution in [2.75, 3.05) is 10.6 Å². The number of rotatable bonds is 6. The zero-order valence-electron chi connectivity index (χ0n) is 19.4. The maximum Gasteiger partial charge on any atom is 0.189 e. The minimum Gasteiger partial charge on any atom is -0.393 e. The molecule has 1 fully saturated rings. The predicted octanol–water partition coefficient (Wildman–Crippen LogP) is 6.54. The molecule has 1 saturated carbocycles. The van der Waals surface area contributed by atoms with E-state index in [4.69, 9.17) is 15.4 Å². The normalized spacial score (nSPS) is 22.9. The first-order valence-corrected chi connectivity index (χ1v) is 12.9. The lowest BCUT2D eigenvalue weighted by atomic mass is 9.93. The molecule has 3 aromatic rings. The van der Waals surface area contributed by atoms with Gasteiger partial charge in [0.15, 0.2) is 5.13 Å². The summed E-state index contributed by atoms with van der Waals surface area (Å²) in [5.74, 6) is 2.01. The largest absolute Gasteiger partial charge is 0.393 e. The molecule has 2 aromatic heterocycles. The maximum absolute atomic E-state index is 9.72. The molecule has 0 aliphatic heterocycles. The Labute approximate surface area is 204 Å². The number of aromatic nitrogens is 2. The van der Waals surface area contributed by atoms with Crippen LogP contribution in [0.4, 0.5) is 16.8 Å². The van der Waals surface area contributed by atoms with Crippen LogP contribution in [0.2, 0.25) is 0 Å². The summed E-state index contributed by atoms with van der Waals surface area (Å²) in [5.41, 5.74) is 3.99. The topological polar surface area (TPSA) is 93.9 Å². The van der Waals surface area contributed by atoms with Crippen LogP contribution in [0.5, 0.6) is 0 Å². The number of aliphatic hydroxyl groups excluding tert-OH is 1. The molecule has 0 bridgehead atoms. The third kappa shape index (κ3) is 5.37. The molecule has 4 N–H and O–H groups in total. The van der Waals surface area contributed by atoms with Crippen molar-refractivity contribution in [1.29, 1.82) is 5.41 Å². The van der Waals surface area contributed by atoms with Crippen molar-refractivity contribution in [3.8, 4) is 0 Å². The van der Waals surface area contributed by atoms with Crippen LogP contribution in [-0.2, 0) is 0 Å². The Kier molecular flexibility index (Phi) is 6.74. The fraction of sp³-hybridized carbons (Fsp3) is 0.370. The minimum absolute atomic E-state index is 0.157. The van der Waals surface area contributed by atoms with Gasteiger partial charge in [-0.2, -0.15) is 0 Å². The summed E-state index contributed by atoms with van der Waals surface area (Å²) in [5, 5.41) is 25.5. The molecular formula is C27H31N5OS. The van der Waals surface area contributed by atoms with Gasteiger partial charge in [-0.25, -0.2) is 9.97 Å². The first kappa shape index (κ1) is 22.7. The minimum atomic E-state index is -0.157. The van der Waals surface area contributed by atoms with E-state index in [0.717, 1.165) is 71.1 Å². The highest BCUT2D eigenvalue weighted by Gasteiger charge is 2.19. The van der Waals surface area contributed by atoms with Crippen LogP contribution >= 0.6 is 11.3 Å². The van der Waals surface area contributed by atoms with Crippen LogP contribution in [0.25, 0.3) is 15.8 Å². The third-order valence-electron chi connectivity index (χ3n) is 6.64. The van der Waals surface area contributed by atoms with Crippen molar-refractivity contribution in [2.24, 2.45) is 5.92 Å². The number of nitrogens with zero attached hydrogens (tertiary/aromatic N) is 2. The van der Waals surface area contributed by atoms with Gasteiger partial charge in [-0.15, -0.1) is 0 Å². The number of nitrogens with one attached hydrogen (secondary N) is 3. The van der Waals surface area contributed by atoms with E-state index in [0.29, 0.717) is 17.7 Å². The van der Waals surface area contributed by atoms with E-state index in [1.165, 1.54) is 5.57 Å². The molecule has 2 aliphatic rings. The number of hydrogen-bond donors (Lipinski definition) is 4. The van der Waals surface area contributed by atoms with Crippen LogP contribution in [0.3, 0.4) is 0 Å². The summed E-state index contributed by atoms with van der Waals surface area (Å²) >= 11 is 1.62. The molecule has 0 spiro atoms. The van der Waals surface area contributed by atoms with Gasteiger partial charge in [0.2, 0.25) is 0 Å². The lowest BCUT2D eigenvalue weighted by Gasteiger charge is -2.26. The SMILES string of the molecule is CCC1C=C(c2ccc3nc(Nc4cccc(NC5CCC(O)CC5)n4)sc3c2)C=CC(=N)C1. The van der Waals surface area contributed by atoms with Crippen molar-refractivity contribution in [2.45, 2.75) is 57.6 Å². The first-order chi connectivity index (χ1) is 16.6. The summed E-state index contributed by atoms with van der Waals surface area (Å²) in [6.45, 7) is 2.18. The van der Waals surface area contributed by atoms with Gasteiger partial charge < -0.3 is 21.1 Å². The average molecular weight is 474 g/mol. The summed E-state index contributed by atoms with van der Waals surface area (Å²) in [6.07, 6.45) is 11.6. The number of aliphatic hydroxyl groups is 1. The van der Waals surface area contributed by atoms with Crippen molar-refractivity contribution in [1.82, 2.24) is 9.97 Å². The highest BCUT2D eigenvalue weighted by Crippen LogP contribution is 2.32. The van der Waals surface area contributed by atoms with Crippen LogP contribution in [0.1, 0.15) is 51.0 Å². The molecule has 0 saturated heterocycles. The van der Waals surface area contributed by atoms with E-state index in [2.05, 4.69) is 47.9 Å². The molecule has 1 aromatic carbocycles. The van der Waals surface area contributed by atoms with Crippen LogP contribution in [0.15, 0.2) is 54.6 Å². The van der Waals surface area contributed by atoms with Gasteiger partial charge in [0.05, 0.1) is 16.3 Å². The molecule has 2 aliphatic carbocycles. The molecule has 2 heterocycles. The molecular weight excluding hydrogens is 442 g/mol. The van der Waals surface area contributed by atoms with Gasteiger partial charge in [0.1, 0.15) is 11.6 Å². The Morgan fingerprint density at radius 2 is 1.88 bits per heavy atom. The first-order valence-electron chi connectivity index (χ1n) is 12.1. The van der Waals surface area contributed by atoms with Gasteiger partial charge >= 0.3 is 0 Å². The number of hydrogen-bond acceptors (Lipinski definition) is 7. The van der Waals surface area contributed by atoms with Crippen LogP contribution < -0.4 is 10.6 Å². The molecule has 0 radical (unpaired) electrons. The molecule has 7 heteroatoms. The number of thiazole rings is 1. The molecule has 1 atom stereocenters. The van der Waals surface area contributed by atoms with E-state index in [1.807, 2.05) is 24.3 Å². The summed E-state index contributed by atoms with van der Waals surface area (Å²) < 4.78 is 1.12. The molecule has 1 unspecified atom stereocenters. The van der Waals surface area contributed by atoms with Crippen LogP contribution in [0, 0.1) is 11.3 Å². The van der Waals surface area contributed by atoms with E-state index in [1.54, 1.807) is 11.3 Å². The van der Waals surface area contributed by atoms with E-state index < -0.39 is 0 Å². The molecule has 176 valence electrons. The smallest absolute Gasteiger partial charge is 0.189 e. The highest BCUT2D eigenvalue weighted by molar-refractivity contribution is 7.22. The third-order valence-corrected chi connectivity index (χ3v) is 7.57. The Balaban J connectivity index is 1.32. The lowest BCUT2D eigenvalue weighted by molar-refractivity contribution is 0.126. The second-order valence-electron chi connectivity index (χ2n) is 9.24. The number of anilines is 3. The van der Waals surface area contributed by atoms with Crippen molar-refractivity contribution < 1.29 is 5.11 Å². The van der Waals surface area contributed by atoms with Crippen LogP contribution in [-0.4, -0.2) is 32.9 Å². The van der Waals surface area contributed by atoms with Gasteiger partial charge in [-0.05, 0) is 85.9 Å². The number of fused-ring (bicyclic) bond motifs is 1. The zero-order valence-corrected chi connectivity index (χ0v) is 20.2. The summed E-state index contributed by atoms with van der Waals surface area (Å²) in [7, 11) is 0. The maximum atomic E-state index is 9.72. The van der Waals surface area contributed by atoms with Crippen molar-refractivity contribution in [3.63, 3.8) is 0 Å². The highest BCUT2D eigenvalue weighted by atomic mass is 32.1. The van der Waals surface area contributed by atoms with Crippen molar-refractivity contribution >= 4 is 49.6 Å². The molecule has 0 amide bonds. The fourth-order valence-corrected chi connectivity index (χ4v) is 5.56. The van der Waals surface area contributed by atoms with E-state index in [-0.39, 0.29) is 6.10 Å². The second-order valence-corrected chi connectivity index (χ2v) is 10.3. The zero-order chi connectivity index (χ0) is 23.5.